The molecule has 0 radical (unpaired) electrons. The number of piperazine rings is 1. The van der Waals surface area contributed by atoms with Crippen molar-refractivity contribution in [1.82, 2.24) is 15.2 Å². The smallest absolute Gasteiger partial charge is 0.227 e. The van der Waals surface area contributed by atoms with Crippen LogP contribution in [0, 0.1) is 0 Å². The van der Waals surface area contributed by atoms with Crippen molar-refractivity contribution in [2.75, 3.05) is 19.6 Å². The third-order valence-corrected chi connectivity index (χ3v) is 2.80. The summed E-state index contributed by atoms with van der Waals surface area (Å²) in [6, 6.07) is 4.20. The van der Waals surface area contributed by atoms with Gasteiger partial charge in [0.15, 0.2) is 0 Å². The predicted molar refractivity (Wildman–Crippen MR) is 62.0 cm³/mol. The monoisotopic (exact) mass is 219 g/mol. The second-order valence-electron chi connectivity index (χ2n) is 4.23. The first-order valence-electron chi connectivity index (χ1n) is 5.66. The van der Waals surface area contributed by atoms with Crippen LogP contribution in [0.15, 0.2) is 24.5 Å². The zero-order valence-electron chi connectivity index (χ0n) is 9.52. The first-order valence-corrected chi connectivity index (χ1v) is 5.66. The van der Waals surface area contributed by atoms with E-state index in [1.165, 1.54) is 0 Å². The molecule has 1 aliphatic heterocycles. The van der Waals surface area contributed by atoms with Gasteiger partial charge >= 0.3 is 0 Å². The molecular formula is C12H17N3O. The van der Waals surface area contributed by atoms with E-state index >= 15 is 0 Å². The molecule has 2 heterocycles. The molecule has 0 saturated carbocycles. The topological polar surface area (TPSA) is 45.2 Å². The van der Waals surface area contributed by atoms with Gasteiger partial charge in [-0.1, -0.05) is 6.07 Å². The fraction of sp³-hybridized carbons (Fsp3) is 0.500. The summed E-state index contributed by atoms with van der Waals surface area (Å²) >= 11 is 0. The Morgan fingerprint density at radius 2 is 2.56 bits per heavy atom. The third kappa shape index (κ3) is 2.79. The van der Waals surface area contributed by atoms with Crippen LogP contribution >= 0.6 is 0 Å². The summed E-state index contributed by atoms with van der Waals surface area (Å²) in [6.45, 7) is 4.60. The first kappa shape index (κ1) is 11.1. The molecule has 86 valence electrons. The molecule has 1 atom stereocenters. The summed E-state index contributed by atoms with van der Waals surface area (Å²) in [5.41, 5.74) is 0.985. The SMILES string of the molecule is C[C@@H]1CN(C(=O)Cc2cccnc2)CCN1. The number of carbonyl (C=O) groups excluding carboxylic acids is 1. The molecule has 16 heavy (non-hydrogen) atoms. The Morgan fingerprint density at radius 3 is 3.25 bits per heavy atom. The van der Waals surface area contributed by atoms with Gasteiger partial charge in [-0.15, -0.1) is 0 Å². The molecule has 4 nitrogen and oxygen atoms in total. The van der Waals surface area contributed by atoms with Crippen LogP contribution in [0.5, 0.6) is 0 Å². The zero-order valence-corrected chi connectivity index (χ0v) is 9.52. The minimum absolute atomic E-state index is 0.196. The second-order valence-corrected chi connectivity index (χ2v) is 4.23. The van der Waals surface area contributed by atoms with Crippen LogP contribution in [0.4, 0.5) is 0 Å². The Bertz CT molecular complexity index is 353. The maximum atomic E-state index is 12.0. The highest BCUT2D eigenvalue weighted by Gasteiger charge is 2.20. The lowest BCUT2D eigenvalue weighted by Crippen LogP contribution is -2.51. The minimum atomic E-state index is 0.196. The van der Waals surface area contributed by atoms with E-state index in [1.54, 1.807) is 12.4 Å². The van der Waals surface area contributed by atoms with Gasteiger partial charge < -0.3 is 10.2 Å². The number of nitrogens with zero attached hydrogens (tertiary/aromatic N) is 2. The fourth-order valence-corrected chi connectivity index (χ4v) is 1.95. The van der Waals surface area contributed by atoms with Gasteiger partial charge in [0.2, 0.25) is 5.91 Å². The number of hydrogen-bond donors (Lipinski definition) is 1. The fourth-order valence-electron chi connectivity index (χ4n) is 1.95. The number of carbonyl (C=O) groups is 1. The van der Waals surface area contributed by atoms with Crippen LogP contribution in [-0.2, 0) is 11.2 Å². The molecule has 0 aromatic carbocycles. The summed E-state index contributed by atoms with van der Waals surface area (Å²) in [5, 5.41) is 3.32. The van der Waals surface area contributed by atoms with Gasteiger partial charge in [-0.05, 0) is 18.6 Å². The van der Waals surface area contributed by atoms with Crippen LogP contribution < -0.4 is 5.32 Å². The van der Waals surface area contributed by atoms with Gasteiger partial charge in [0.25, 0.3) is 0 Å². The lowest BCUT2D eigenvalue weighted by Gasteiger charge is -2.32. The molecule has 2 rings (SSSR count). The number of amides is 1. The van der Waals surface area contributed by atoms with E-state index in [0.29, 0.717) is 12.5 Å². The maximum absolute atomic E-state index is 12.0. The van der Waals surface area contributed by atoms with Gasteiger partial charge in [0.05, 0.1) is 6.42 Å². The number of rotatable bonds is 2. The molecule has 0 spiro atoms. The Kier molecular flexibility index (Phi) is 3.51. The Labute approximate surface area is 95.7 Å². The van der Waals surface area contributed by atoms with Crippen LogP contribution in [0.25, 0.3) is 0 Å². The Hall–Kier alpha value is -1.42. The molecule has 0 bridgehead atoms. The van der Waals surface area contributed by atoms with Crippen molar-refractivity contribution >= 4 is 5.91 Å². The summed E-state index contributed by atoms with van der Waals surface area (Å²) in [5.74, 6) is 0.196. The van der Waals surface area contributed by atoms with Gasteiger partial charge in [-0.2, -0.15) is 0 Å². The average Bonchev–Trinajstić information content (AvgIpc) is 2.30. The van der Waals surface area contributed by atoms with Crippen molar-refractivity contribution in [2.45, 2.75) is 19.4 Å². The molecule has 1 aromatic heterocycles. The molecule has 1 aromatic rings. The molecule has 1 amide bonds. The van der Waals surface area contributed by atoms with E-state index in [2.05, 4.69) is 17.2 Å². The number of aromatic nitrogens is 1. The van der Waals surface area contributed by atoms with Gasteiger partial charge in [0.1, 0.15) is 0 Å². The van der Waals surface area contributed by atoms with E-state index in [1.807, 2.05) is 17.0 Å². The Morgan fingerprint density at radius 1 is 1.69 bits per heavy atom. The molecule has 4 heteroatoms. The first-order chi connectivity index (χ1) is 7.75. The summed E-state index contributed by atoms with van der Waals surface area (Å²) < 4.78 is 0. The molecule has 0 aliphatic carbocycles. The van der Waals surface area contributed by atoms with E-state index in [9.17, 15) is 4.79 Å². The summed E-state index contributed by atoms with van der Waals surface area (Å²) in [7, 11) is 0. The highest BCUT2D eigenvalue weighted by atomic mass is 16.2. The van der Waals surface area contributed by atoms with Gasteiger partial charge in [-0.3, -0.25) is 9.78 Å². The summed E-state index contributed by atoms with van der Waals surface area (Å²) in [4.78, 5) is 17.9. The minimum Gasteiger partial charge on any atom is -0.340 e. The van der Waals surface area contributed by atoms with Crippen molar-refractivity contribution in [2.24, 2.45) is 0 Å². The largest absolute Gasteiger partial charge is 0.340 e. The Balaban J connectivity index is 1.93. The number of pyridine rings is 1. The number of hydrogen-bond acceptors (Lipinski definition) is 3. The molecule has 1 aliphatic rings. The molecule has 0 unspecified atom stereocenters. The van der Waals surface area contributed by atoms with E-state index in [4.69, 9.17) is 0 Å². The van der Waals surface area contributed by atoms with Crippen molar-refractivity contribution < 1.29 is 4.79 Å². The third-order valence-electron chi connectivity index (χ3n) is 2.80. The van der Waals surface area contributed by atoms with E-state index in [-0.39, 0.29) is 5.91 Å². The van der Waals surface area contributed by atoms with Crippen LogP contribution in [0.2, 0.25) is 0 Å². The zero-order chi connectivity index (χ0) is 11.4. The van der Waals surface area contributed by atoms with Crippen molar-refractivity contribution in [1.29, 1.82) is 0 Å². The average molecular weight is 219 g/mol. The van der Waals surface area contributed by atoms with Crippen molar-refractivity contribution in [3.05, 3.63) is 30.1 Å². The van der Waals surface area contributed by atoms with E-state index in [0.717, 1.165) is 25.2 Å². The van der Waals surface area contributed by atoms with Crippen molar-refractivity contribution in [3.63, 3.8) is 0 Å². The van der Waals surface area contributed by atoms with Gasteiger partial charge in [0, 0.05) is 38.1 Å². The lowest BCUT2D eigenvalue weighted by atomic mass is 10.1. The van der Waals surface area contributed by atoms with Crippen LogP contribution in [0.1, 0.15) is 12.5 Å². The molecule has 1 N–H and O–H groups in total. The molecule has 1 saturated heterocycles. The standard InChI is InChI=1S/C12H17N3O/c1-10-9-15(6-5-14-10)12(16)7-11-3-2-4-13-8-11/h2-4,8,10,14H,5-7,9H2,1H3/t10-/m1/s1. The summed E-state index contributed by atoms with van der Waals surface area (Å²) in [6.07, 6.45) is 3.94. The lowest BCUT2D eigenvalue weighted by molar-refractivity contribution is -0.131. The van der Waals surface area contributed by atoms with Crippen LogP contribution in [0.3, 0.4) is 0 Å². The normalized spacial score (nSPS) is 20.8. The van der Waals surface area contributed by atoms with E-state index < -0.39 is 0 Å². The molecular weight excluding hydrogens is 202 g/mol. The quantitative estimate of drug-likeness (QED) is 0.785. The second kappa shape index (κ2) is 5.07. The molecule has 1 fully saturated rings. The van der Waals surface area contributed by atoms with Crippen molar-refractivity contribution in [3.8, 4) is 0 Å². The predicted octanol–water partition coefficient (Wildman–Crippen LogP) is 0.444. The van der Waals surface area contributed by atoms with Gasteiger partial charge in [-0.25, -0.2) is 0 Å². The number of nitrogens with one attached hydrogen (secondary N) is 1. The maximum Gasteiger partial charge on any atom is 0.227 e. The van der Waals surface area contributed by atoms with Crippen LogP contribution in [-0.4, -0.2) is 41.5 Å². The highest BCUT2D eigenvalue weighted by molar-refractivity contribution is 5.78. The highest BCUT2D eigenvalue weighted by Crippen LogP contribution is 2.04.